The molecule has 0 bridgehead atoms. The average Bonchev–Trinajstić information content (AvgIpc) is 3.42. The number of benzene rings is 2. The van der Waals surface area contributed by atoms with Crippen molar-refractivity contribution in [1.29, 1.82) is 0 Å². The zero-order valence-electron chi connectivity index (χ0n) is 13.6. The average molecular weight is 328 g/mol. The van der Waals surface area contributed by atoms with Crippen molar-refractivity contribution in [3.8, 4) is 5.75 Å². The molecule has 0 heterocycles. The van der Waals surface area contributed by atoms with Gasteiger partial charge in [-0.2, -0.15) is 0 Å². The van der Waals surface area contributed by atoms with E-state index in [1.54, 1.807) is 18.2 Å². The number of ether oxygens (including phenoxy) is 1. The lowest BCUT2D eigenvalue weighted by molar-refractivity contribution is 0.0952. The van der Waals surface area contributed by atoms with Gasteiger partial charge in [0.15, 0.2) is 11.6 Å². The van der Waals surface area contributed by atoms with Crippen LogP contribution >= 0.6 is 0 Å². The van der Waals surface area contributed by atoms with Gasteiger partial charge >= 0.3 is 0 Å². The molecule has 2 N–H and O–H groups in total. The third-order valence-corrected chi connectivity index (χ3v) is 4.09. The van der Waals surface area contributed by atoms with E-state index in [2.05, 4.69) is 10.6 Å². The molecule has 1 amide bonds. The number of hydrogen-bond donors (Lipinski definition) is 2. The topological polar surface area (TPSA) is 50.4 Å². The smallest absolute Gasteiger partial charge is 0.251 e. The fourth-order valence-corrected chi connectivity index (χ4v) is 2.46. The summed E-state index contributed by atoms with van der Waals surface area (Å²) in [6, 6.07) is 12.2. The van der Waals surface area contributed by atoms with E-state index in [9.17, 15) is 9.18 Å². The molecule has 1 fully saturated rings. The van der Waals surface area contributed by atoms with Gasteiger partial charge < -0.3 is 15.4 Å². The van der Waals surface area contributed by atoms with Crippen LogP contribution in [0.2, 0.25) is 0 Å². The van der Waals surface area contributed by atoms with Crippen LogP contribution in [0.3, 0.4) is 0 Å². The van der Waals surface area contributed by atoms with Crippen LogP contribution in [0.15, 0.2) is 42.5 Å². The zero-order valence-corrected chi connectivity index (χ0v) is 13.6. The van der Waals surface area contributed by atoms with Crippen LogP contribution in [0.4, 0.5) is 10.1 Å². The lowest BCUT2D eigenvalue weighted by atomic mass is 10.1. The molecule has 0 radical (unpaired) electrons. The summed E-state index contributed by atoms with van der Waals surface area (Å²) in [7, 11) is 1.44. The summed E-state index contributed by atoms with van der Waals surface area (Å²) in [4.78, 5) is 12.1. The highest BCUT2D eigenvalue weighted by Crippen LogP contribution is 2.27. The molecule has 1 aliphatic rings. The van der Waals surface area contributed by atoms with Crippen LogP contribution in [0.1, 0.15) is 28.8 Å². The number of carbonyl (C=O) groups is 1. The summed E-state index contributed by atoms with van der Waals surface area (Å²) in [5.74, 6) is 0.444. The highest BCUT2D eigenvalue weighted by molar-refractivity contribution is 5.95. The van der Waals surface area contributed by atoms with Gasteiger partial charge in [0.2, 0.25) is 0 Å². The number of rotatable bonds is 7. The number of hydrogen-bond acceptors (Lipinski definition) is 3. The van der Waals surface area contributed by atoms with Crippen LogP contribution in [0.25, 0.3) is 0 Å². The van der Waals surface area contributed by atoms with Gasteiger partial charge in [-0.3, -0.25) is 4.79 Å². The Kier molecular flexibility index (Phi) is 4.99. The monoisotopic (exact) mass is 328 g/mol. The first-order chi connectivity index (χ1) is 11.7. The van der Waals surface area contributed by atoms with Crippen molar-refractivity contribution in [1.82, 2.24) is 5.32 Å². The summed E-state index contributed by atoms with van der Waals surface area (Å²) < 4.78 is 18.6. The SMILES string of the molecule is COc1ccc(CNc2cccc(C(=O)NCC3CC3)c2)cc1F. The van der Waals surface area contributed by atoms with Gasteiger partial charge in [-0.05, 0) is 54.7 Å². The molecule has 1 aliphatic carbocycles. The minimum absolute atomic E-state index is 0.0546. The lowest BCUT2D eigenvalue weighted by Gasteiger charge is -2.10. The van der Waals surface area contributed by atoms with Crippen molar-refractivity contribution in [3.63, 3.8) is 0 Å². The Morgan fingerprint density at radius 1 is 1.25 bits per heavy atom. The molecule has 126 valence electrons. The van der Waals surface area contributed by atoms with Gasteiger partial charge in [0.25, 0.3) is 5.91 Å². The minimum Gasteiger partial charge on any atom is -0.494 e. The number of halogens is 1. The summed E-state index contributed by atoms with van der Waals surface area (Å²) in [5.41, 5.74) is 2.25. The molecule has 4 nitrogen and oxygen atoms in total. The minimum atomic E-state index is -0.384. The number of anilines is 1. The van der Waals surface area contributed by atoms with E-state index in [1.165, 1.54) is 26.0 Å². The summed E-state index contributed by atoms with van der Waals surface area (Å²) in [6.07, 6.45) is 2.42. The molecule has 0 unspecified atom stereocenters. The van der Waals surface area contributed by atoms with Crippen LogP contribution < -0.4 is 15.4 Å². The normalized spacial score (nSPS) is 13.4. The molecule has 1 saturated carbocycles. The lowest BCUT2D eigenvalue weighted by Crippen LogP contribution is -2.25. The van der Waals surface area contributed by atoms with Crippen LogP contribution in [-0.4, -0.2) is 19.6 Å². The summed E-state index contributed by atoms with van der Waals surface area (Å²) in [6.45, 7) is 1.22. The predicted molar refractivity (Wildman–Crippen MR) is 91.8 cm³/mol. The van der Waals surface area contributed by atoms with Crippen molar-refractivity contribution in [2.75, 3.05) is 19.0 Å². The van der Waals surface area contributed by atoms with E-state index in [0.29, 0.717) is 18.0 Å². The molecule has 2 aromatic rings. The van der Waals surface area contributed by atoms with Crippen LogP contribution in [0.5, 0.6) is 5.75 Å². The highest BCUT2D eigenvalue weighted by atomic mass is 19.1. The van der Waals surface area contributed by atoms with E-state index in [-0.39, 0.29) is 17.5 Å². The van der Waals surface area contributed by atoms with Gasteiger partial charge in [0, 0.05) is 24.3 Å². The third-order valence-electron chi connectivity index (χ3n) is 4.09. The molecule has 3 rings (SSSR count). The molecule has 0 aromatic heterocycles. The Morgan fingerprint density at radius 2 is 2.08 bits per heavy atom. The first kappa shape index (κ1) is 16.3. The van der Waals surface area contributed by atoms with Crippen molar-refractivity contribution in [2.45, 2.75) is 19.4 Å². The maximum atomic E-state index is 13.7. The summed E-state index contributed by atoms with van der Waals surface area (Å²) >= 11 is 0. The fraction of sp³-hybridized carbons (Fsp3) is 0.316. The Morgan fingerprint density at radius 3 is 2.79 bits per heavy atom. The molecule has 5 heteroatoms. The Balaban J connectivity index is 1.59. The first-order valence-electron chi connectivity index (χ1n) is 8.10. The van der Waals surface area contributed by atoms with Gasteiger partial charge in [0.1, 0.15) is 0 Å². The maximum absolute atomic E-state index is 13.7. The number of carbonyl (C=O) groups excluding carboxylic acids is 1. The van der Waals surface area contributed by atoms with Crippen molar-refractivity contribution < 1.29 is 13.9 Å². The Labute approximate surface area is 141 Å². The molecule has 2 aromatic carbocycles. The zero-order chi connectivity index (χ0) is 16.9. The maximum Gasteiger partial charge on any atom is 0.251 e. The first-order valence-corrected chi connectivity index (χ1v) is 8.10. The van der Waals surface area contributed by atoms with Crippen molar-refractivity contribution in [2.24, 2.45) is 5.92 Å². The number of nitrogens with one attached hydrogen (secondary N) is 2. The van der Waals surface area contributed by atoms with Crippen molar-refractivity contribution in [3.05, 3.63) is 59.4 Å². The van der Waals surface area contributed by atoms with E-state index in [4.69, 9.17) is 4.74 Å². The van der Waals surface area contributed by atoms with Crippen molar-refractivity contribution >= 4 is 11.6 Å². The number of amides is 1. The quantitative estimate of drug-likeness (QED) is 0.817. The van der Waals surface area contributed by atoms with Gasteiger partial charge in [-0.25, -0.2) is 4.39 Å². The molecule has 0 saturated heterocycles. The molecule has 24 heavy (non-hydrogen) atoms. The second-order valence-electron chi connectivity index (χ2n) is 6.06. The molecular formula is C19H21FN2O2. The standard InChI is InChI=1S/C19H21FN2O2/c1-24-18-8-7-14(9-17(18)20)12-21-16-4-2-3-15(10-16)19(23)22-11-13-5-6-13/h2-4,7-10,13,21H,5-6,11-12H2,1H3,(H,22,23). The molecule has 0 atom stereocenters. The molecule has 0 aliphatic heterocycles. The van der Waals surface area contributed by atoms with E-state index in [1.807, 2.05) is 18.2 Å². The second kappa shape index (κ2) is 7.34. The number of methoxy groups -OCH3 is 1. The van der Waals surface area contributed by atoms with E-state index < -0.39 is 0 Å². The molecule has 0 spiro atoms. The highest BCUT2D eigenvalue weighted by Gasteiger charge is 2.21. The fourth-order valence-electron chi connectivity index (χ4n) is 2.46. The Hall–Kier alpha value is -2.56. The summed E-state index contributed by atoms with van der Waals surface area (Å²) in [5, 5.41) is 6.16. The van der Waals surface area contributed by atoms with E-state index in [0.717, 1.165) is 17.8 Å². The molecular weight excluding hydrogens is 307 g/mol. The van der Waals surface area contributed by atoms with Gasteiger partial charge in [-0.1, -0.05) is 12.1 Å². The van der Waals surface area contributed by atoms with Crippen LogP contribution in [-0.2, 0) is 6.54 Å². The Bertz CT molecular complexity index is 729. The van der Waals surface area contributed by atoms with Gasteiger partial charge in [0.05, 0.1) is 7.11 Å². The van der Waals surface area contributed by atoms with Gasteiger partial charge in [-0.15, -0.1) is 0 Å². The largest absolute Gasteiger partial charge is 0.494 e. The van der Waals surface area contributed by atoms with Crippen LogP contribution in [0, 0.1) is 11.7 Å². The second-order valence-corrected chi connectivity index (χ2v) is 6.06. The predicted octanol–water partition coefficient (Wildman–Crippen LogP) is 3.59. The third kappa shape index (κ3) is 4.25. The van der Waals surface area contributed by atoms with E-state index >= 15 is 0 Å².